The lowest BCUT2D eigenvalue weighted by Gasteiger charge is -2.40. The molecule has 1 spiro atoms. The molecule has 3 heteroatoms. The van der Waals surface area contributed by atoms with Crippen LogP contribution in [0.25, 0.3) is 0 Å². The molecule has 0 aromatic rings. The van der Waals surface area contributed by atoms with Gasteiger partial charge in [-0.05, 0) is 18.3 Å². The summed E-state index contributed by atoms with van der Waals surface area (Å²) in [7, 11) is 1.63. The van der Waals surface area contributed by atoms with E-state index >= 15 is 0 Å². The summed E-state index contributed by atoms with van der Waals surface area (Å²) >= 11 is 0. The van der Waals surface area contributed by atoms with E-state index in [1.54, 1.807) is 7.11 Å². The minimum atomic E-state index is -0.300. The van der Waals surface area contributed by atoms with Crippen LogP contribution in [0.15, 0.2) is 0 Å². The maximum atomic E-state index is 9.41. The Labute approximate surface area is 73.3 Å². The van der Waals surface area contributed by atoms with E-state index in [1.165, 1.54) is 25.9 Å². The van der Waals surface area contributed by atoms with Gasteiger partial charge in [0.05, 0.1) is 12.7 Å². The zero-order valence-corrected chi connectivity index (χ0v) is 7.62. The van der Waals surface area contributed by atoms with Crippen molar-refractivity contribution in [1.29, 1.82) is 0 Å². The predicted molar refractivity (Wildman–Crippen MR) is 46.0 cm³/mol. The Balaban J connectivity index is 1.62. The number of likely N-dealkylation sites (tertiary alicyclic amines) is 1. The van der Waals surface area contributed by atoms with Crippen LogP contribution < -0.4 is 0 Å². The molecule has 12 heavy (non-hydrogen) atoms. The van der Waals surface area contributed by atoms with Crippen molar-refractivity contribution >= 4 is 0 Å². The van der Waals surface area contributed by atoms with Crippen LogP contribution in [-0.2, 0) is 4.74 Å². The average molecular weight is 171 g/mol. The van der Waals surface area contributed by atoms with Crippen molar-refractivity contribution in [3.63, 3.8) is 0 Å². The molecule has 1 aliphatic heterocycles. The first-order chi connectivity index (χ1) is 5.74. The molecule has 1 saturated carbocycles. The third kappa shape index (κ3) is 1.63. The fourth-order valence-electron chi connectivity index (χ4n) is 2.07. The Morgan fingerprint density at radius 2 is 2.17 bits per heavy atom. The van der Waals surface area contributed by atoms with Crippen LogP contribution >= 0.6 is 0 Å². The number of ether oxygens (including phenoxy) is 1. The van der Waals surface area contributed by atoms with Gasteiger partial charge in [-0.1, -0.05) is 0 Å². The maximum absolute atomic E-state index is 9.41. The summed E-state index contributed by atoms with van der Waals surface area (Å²) in [5.41, 5.74) is 0.701. The van der Waals surface area contributed by atoms with Crippen LogP contribution in [0.4, 0.5) is 0 Å². The van der Waals surface area contributed by atoms with Gasteiger partial charge in [0.25, 0.3) is 0 Å². The number of hydrogen-bond acceptors (Lipinski definition) is 3. The van der Waals surface area contributed by atoms with Crippen LogP contribution in [0.3, 0.4) is 0 Å². The molecule has 1 unspecified atom stereocenters. The highest BCUT2D eigenvalue weighted by molar-refractivity contribution is 5.05. The third-order valence-corrected chi connectivity index (χ3v) is 2.90. The molecule has 1 saturated heterocycles. The van der Waals surface area contributed by atoms with Crippen molar-refractivity contribution in [2.45, 2.75) is 18.9 Å². The summed E-state index contributed by atoms with van der Waals surface area (Å²) in [6, 6.07) is 0. The SMILES string of the molecule is COCC(O)CN1CC2(CC2)C1. The van der Waals surface area contributed by atoms with Gasteiger partial charge >= 0.3 is 0 Å². The fraction of sp³-hybridized carbons (Fsp3) is 1.00. The van der Waals surface area contributed by atoms with E-state index in [9.17, 15) is 5.11 Å². The molecule has 1 aliphatic carbocycles. The van der Waals surface area contributed by atoms with Crippen molar-refractivity contribution in [3.05, 3.63) is 0 Å². The summed E-state index contributed by atoms with van der Waals surface area (Å²) in [5, 5.41) is 9.41. The fourth-order valence-corrected chi connectivity index (χ4v) is 2.07. The number of β-amino-alcohol motifs (C(OH)–C–C–N with tert-alkyl or cyclic N) is 1. The highest BCUT2D eigenvalue weighted by Gasteiger charge is 2.52. The molecular formula is C9H17NO2. The minimum absolute atomic E-state index is 0.300. The lowest BCUT2D eigenvalue weighted by molar-refractivity contribution is -0.00389. The predicted octanol–water partition coefficient (Wildman–Crippen LogP) is 0.0895. The normalized spacial score (nSPS) is 28.5. The van der Waals surface area contributed by atoms with Gasteiger partial charge in [-0.2, -0.15) is 0 Å². The minimum Gasteiger partial charge on any atom is -0.389 e. The summed E-state index contributed by atoms with van der Waals surface area (Å²) in [4.78, 5) is 2.32. The zero-order chi connectivity index (χ0) is 8.60. The lowest BCUT2D eigenvalue weighted by atomic mass is 9.96. The van der Waals surface area contributed by atoms with Crippen molar-refractivity contribution in [2.24, 2.45) is 5.41 Å². The molecule has 0 amide bonds. The largest absolute Gasteiger partial charge is 0.389 e. The van der Waals surface area contributed by atoms with Crippen molar-refractivity contribution in [3.8, 4) is 0 Å². The van der Waals surface area contributed by atoms with E-state index in [0.29, 0.717) is 12.0 Å². The van der Waals surface area contributed by atoms with Crippen LogP contribution in [-0.4, -0.2) is 49.5 Å². The quantitative estimate of drug-likeness (QED) is 0.650. The Bertz CT molecular complexity index is 160. The standard InChI is InChI=1S/C9H17NO2/c1-12-5-8(11)4-10-6-9(7-10)2-3-9/h8,11H,2-7H2,1H3. The van der Waals surface area contributed by atoms with Gasteiger partial charge in [-0.15, -0.1) is 0 Å². The van der Waals surface area contributed by atoms with E-state index < -0.39 is 0 Å². The van der Waals surface area contributed by atoms with E-state index in [-0.39, 0.29) is 6.10 Å². The Morgan fingerprint density at radius 3 is 2.67 bits per heavy atom. The molecule has 2 rings (SSSR count). The number of hydrogen-bond donors (Lipinski definition) is 1. The Morgan fingerprint density at radius 1 is 1.50 bits per heavy atom. The first-order valence-corrected chi connectivity index (χ1v) is 4.63. The molecule has 1 heterocycles. The van der Waals surface area contributed by atoms with Gasteiger partial charge in [-0.25, -0.2) is 0 Å². The summed E-state index contributed by atoms with van der Waals surface area (Å²) in [6.07, 6.45) is 2.51. The molecule has 3 nitrogen and oxygen atoms in total. The molecule has 1 atom stereocenters. The van der Waals surface area contributed by atoms with E-state index in [4.69, 9.17) is 4.74 Å². The van der Waals surface area contributed by atoms with Crippen molar-refractivity contribution in [1.82, 2.24) is 4.90 Å². The summed E-state index contributed by atoms with van der Waals surface area (Å²) in [6.45, 7) is 3.65. The van der Waals surface area contributed by atoms with Gasteiger partial charge in [0.2, 0.25) is 0 Å². The first-order valence-electron chi connectivity index (χ1n) is 4.63. The molecule has 0 aromatic heterocycles. The van der Waals surface area contributed by atoms with E-state index in [2.05, 4.69) is 4.90 Å². The van der Waals surface area contributed by atoms with Crippen molar-refractivity contribution < 1.29 is 9.84 Å². The molecular weight excluding hydrogens is 154 g/mol. The average Bonchev–Trinajstić information content (AvgIpc) is 2.66. The highest BCUT2D eigenvalue weighted by Crippen LogP contribution is 2.52. The molecule has 2 aliphatic rings. The van der Waals surface area contributed by atoms with Gasteiger partial charge < -0.3 is 9.84 Å². The second kappa shape index (κ2) is 2.98. The Kier molecular flexibility index (Phi) is 2.10. The molecule has 2 fully saturated rings. The van der Waals surface area contributed by atoms with E-state index in [0.717, 1.165) is 6.54 Å². The Hall–Kier alpha value is -0.120. The number of aliphatic hydroxyl groups is 1. The zero-order valence-electron chi connectivity index (χ0n) is 7.62. The van der Waals surface area contributed by atoms with Crippen LogP contribution in [0.1, 0.15) is 12.8 Å². The molecule has 0 radical (unpaired) electrons. The van der Waals surface area contributed by atoms with Crippen molar-refractivity contribution in [2.75, 3.05) is 33.4 Å². The topological polar surface area (TPSA) is 32.7 Å². The summed E-state index contributed by atoms with van der Waals surface area (Å²) in [5.74, 6) is 0. The second-order valence-corrected chi connectivity index (χ2v) is 4.28. The summed E-state index contributed by atoms with van der Waals surface area (Å²) < 4.78 is 4.86. The van der Waals surface area contributed by atoms with Gasteiger partial charge in [0.1, 0.15) is 0 Å². The van der Waals surface area contributed by atoms with Gasteiger partial charge in [0, 0.05) is 26.7 Å². The first kappa shape index (κ1) is 8.48. The van der Waals surface area contributed by atoms with E-state index in [1.807, 2.05) is 0 Å². The molecule has 1 N–H and O–H groups in total. The molecule has 0 aromatic carbocycles. The number of aliphatic hydroxyl groups excluding tert-OH is 1. The van der Waals surface area contributed by atoms with Gasteiger partial charge in [-0.3, -0.25) is 4.90 Å². The molecule has 0 bridgehead atoms. The lowest BCUT2D eigenvalue weighted by Crippen LogP contribution is -2.51. The third-order valence-electron chi connectivity index (χ3n) is 2.90. The van der Waals surface area contributed by atoms with Gasteiger partial charge in [0.15, 0.2) is 0 Å². The number of nitrogens with zero attached hydrogens (tertiary/aromatic N) is 1. The smallest absolute Gasteiger partial charge is 0.0900 e. The number of rotatable bonds is 4. The maximum Gasteiger partial charge on any atom is 0.0900 e. The number of methoxy groups -OCH3 is 1. The second-order valence-electron chi connectivity index (χ2n) is 4.28. The van der Waals surface area contributed by atoms with Crippen LogP contribution in [0.2, 0.25) is 0 Å². The van der Waals surface area contributed by atoms with Crippen LogP contribution in [0.5, 0.6) is 0 Å². The monoisotopic (exact) mass is 171 g/mol. The highest BCUT2D eigenvalue weighted by atomic mass is 16.5. The van der Waals surface area contributed by atoms with Crippen LogP contribution in [0, 0.1) is 5.41 Å². The molecule has 70 valence electrons.